The van der Waals surface area contributed by atoms with Crippen LogP contribution in [0.15, 0.2) is 28.7 Å². The van der Waals surface area contributed by atoms with Gasteiger partial charge in [-0.2, -0.15) is 0 Å². The monoisotopic (exact) mass is 281 g/mol. The van der Waals surface area contributed by atoms with Crippen molar-refractivity contribution in [2.24, 2.45) is 11.8 Å². The van der Waals surface area contributed by atoms with Crippen LogP contribution in [-0.4, -0.2) is 18.0 Å². The molecule has 88 valence electrons. The minimum Gasteiger partial charge on any atom is -0.299 e. The molecule has 1 aromatic rings. The Morgan fingerprint density at radius 2 is 1.81 bits per heavy atom. The minimum absolute atomic E-state index is 0.839. The first-order valence-electron chi connectivity index (χ1n) is 6.11. The Balaban J connectivity index is 2.02. The predicted octanol–water partition coefficient (Wildman–Crippen LogP) is 3.93. The van der Waals surface area contributed by atoms with Crippen LogP contribution >= 0.6 is 15.9 Å². The summed E-state index contributed by atoms with van der Waals surface area (Å²) in [6, 6.07) is 8.55. The van der Waals surface area contributed by atoms with Crippen molar-refractivity contribution in [1.82, 2.24) is 4.90 Å². The summed E-state index contributed by atoms with van der Waals surface area (Å²) in [7, 11) is 0. The summed E-state index contributed by atoms with van der Waals surface area (Å²) in [6.07, 6.45) is 1.38. The first-order valence-corrected chi connectivity index (χ1v) is 6.90. The normalized spacial score (nSPS) is 26.9. The van der Waals surface area contributed by atoms with Crippen molar-refractivity contribution >= 4 is 15.9 Å². The van der Waals surface area contributed by atoms with Crippen molar-refractivity contribution < 1.29 is 0 Å². The van der Waals surface area contributed by atoms with Crippen LogP contribution in [0.25, 0.3) is 0 Å². The van der Waals surface area contributed by atoms with Crippen molar-refractivity contribution in [3.05, 3.63) is 34.3 Å². The summed E-state index contributed by atoms with van der Waals surface area (Å²) < 4.78 is 1.24. The third-order valence-electron chi connectivity index (χ3n) is 3.30. The number of likely N-dealkylation sites (tertiary alicyclic amines) is 1. The summed E-state index contributed by atoms with van der Waals surface area (Å²) in [6.45, 7) is 8.29. The van der Waals surface area contributed by atoms with Gasteiger partial charge in [0.2, 0.25) is 0 Å². The Morgan fingerprint density at radius 1 is 1.19 bits per heavy atom. The van der Waals surface area contributed by atoms with E-state index in [1.807, 2.05) is 0 Å². The van der Waals surface area contributed by atoms with E-state index in [0.717, 1.165) is 18.4 Å². The van der Waals surface area contributed by atoms with Gasteiger partial charge in [-0.1, -0.05) is 48.0 Å². The Kier molecular flexibility index (Phi) is 4.04. The van der Waals surface area contributed by atoms with Gasteiger partial charge in [0.05, 0.1) is 0 Å². The smallest absolute Gasteiger partial charge is 0.0245 e. The molecule has 1 aromatic carbocycles. The van der Waals surface area contributed by atoms with Gasteiger partial charge in [0.15, 0.2) is 0 Å². The molecule has 0 saturated carbocycles. The first-order chi connectivity index (χ1) is 7.65. The molecule has 0 bridgehead atoms. The van der Waals surface area contributed by atoms with Gasteiger partial charge in [-0.15, -0.1) is 0 Å². The molecule has 2 rings (SSSR count). The van der Waals surface area contributed by atoms with E-state index in [4.69, 9.17) is 0 Å². The average molecular weight is 282 g/mol. The molecular weight excluding hydrogens is 262 g/mol. The van der Waals surface area contributed by atoms with E-state index in [2.05, 4.69) is 58.9 Å². The zero-order chi connectivity index (χ0) is 11.5. The molecule has 0 aromatic heterocycles. The highest BCUT2D eigenvalue weighted by Gasteiger charge is 2.21. The topological polar surface area (TPSA) is 3.24 Å². The molecule has 1 heterocycles. The van der Waals surface area contributed by atoms with E-state index in [9.17, 15) is 0 Å². The van der Waals surface area contributed by atoms with Gasteiger partial charge in [-0.25, -0.2) is 0 Å². The summed E-state index contributed by atoms with van der Waals surface area (Å²) in [5.41, 5.74) is 1.41. The molecule has 1 nitrogen and oxygen atoms in total. The first kappa shape index (κ1) is 12.1. The zero-order valence-corrected chi connectivity index (χ0v) is 11.7. The molecule has 1 fully saturated rings. The summed E-state index contributed by atoms with van der Waals surface area (Å²) >= 11 is 3.63. The van der Waals surface area contributed by atoms with Crippen molar-refractivity contribution in [2.45, 2.75) is 26.8 Å². The average Bonchev–Trinajstić information content (AvgIpc) is 2.20. The molecule has 0 amide bonds. The summed E-state index contributed by atoms with van der Waals surface area (Å²) in [4.78, 5) is 2.58. The highest BCUT2D eigenvalue weighted by atomic mass is 79.9. The molecule has 2 atom stereocenters. The molecular formula is C14H20BrN. The van der Waals surface area contributed by atoms with Crippen LogP contribution in [0, 0.1) is 11.8 Å². The van der Waals surface area contributed by atoms with Crippen LogP contribution < -0.4 is 0 Å². The highest BCUT2D eigenvalue weighted by Crippen LogP contribution is 2.24. The fraction of sp³-hybridized carbons (Fsp3) is 0.571. The molecule has 0 spiro atoms. The second kappa shape index (κ2) is 5.33. The lowest BCUT2D eigenvalue weighted by atomic mass is 9.91. The third kappa shape index (κ3) is 3.08. The highest BCUT2D eigenvalue weighted by molar-refractivity contribution is 9.10. The predicted molar refractivity (Wildman–Crippen MR) is 72.4 cm³/mol. The number of rotatable bonds is 2. The van der Waals surface area contributed by atoms with E-state index in [0.29, 0.717) is 0 Å². The van der Waals surface area contributed by atoms with E-state index in [1.165, 1.54) is 29.5 Å². The molecule has 1 aliphatic rings. The molecule has 16 heavy (non-hydrogen) atoms. The van der Waals surface area contributed by atoms with E-state index < -0.39 is 0 Å². The summed E-state index contributed by atoms with van der Waals surface area (Å²) in [5.74, 6) is 1.68. The molecule has 1 aliphatic heterocycles. The molecule has 0 radical (unpaired) electrons. The van der Waals surface area contributed by atoms with Gasteiger partial charge in [0.25, 0.3) is 0 Å². The number of nitrogens with zero attached hydrogens (tertiary/aromatic N) is 1. The van der Waals surface area contributed by atoms with E-state index in [1.54, 1.807) is 0 Å². The van der Waals surface area contributed by atoms with E-state index >= 15 is 0 Å². The number of hydrogen-bond donors (Lipinski definition) is 0. The Labute approximate surface area is 107 Å². The van der Waals surface area contributed by atoms with Crippen molar-refractivity contribution in [1.29, 1.82) is 0 Å². The van der Waals surface area contributed by atoms with Crippen molar-refractivity contribution in [3.63, 3.8) is 0 Å². The Hall–Kier alpha value is -0.340. The van der Waals surface area contributed by atoms with Crippen LogP contribution in [0.1, 0.15) is 25.8 Å². The Bertz CT molecular complexity index is 340. The van der Waals surface area contributed by atoms with Gasteiger partial charge >= 0.3 is 0 Å². The number of halogens is 1. The fourth-order valence-electron chi connectivity index (χ4n) is 2.79. The van der Waals surface area contributed by atoms with Crippen LogP contribution in [0.4, 0.5) is 0 Å². The maximum Gasteiger partial charge on any atom is 0.0245 e. The fourth-order valence-corrected chi connectivity index (χ4v) is 3.20. The van der Waals surface area contributed by atoms with Gasteiger partial charge in [-0.05, 0) is 29.9 Å². The molecule has 1 saturated heterocycles. The second-order valence-corrected chi connectivity index (χ2v) is 6.09. The number of benzene rings is 1. The zero-order valence-electron chi connectivity index (χ0n) is 10.1. The van der Waals surface area contributed by atoms with Gasteiger partial charge < -0.3 is 0 Å². The van der Waals surface area contributed by atoms with Crippen LogP contribution in [0.2, 0.25) is 0 Å². The number of hydrogen-bond acceptors (Lipinski definition) is 1. The molecule has 0 unspecified atom stereocenters. The minimum atomic E-state index is 0.839. The van der Waals surface area contributed by atoms with Crippen LogP contribution in [-0.2, 0) is 6.54 Å². The lowest BCUT2D eigenvalue weighted by molar-refractivity contribution is 0.134. The van der Waals surface area contributed by atoms with Crippen LogP contribution in [0.5, 0.6) is 0 Å². The molecule has 0 aliphatic carbocycles. The SMILES string of the molecule is C[C@@H]1C[C@@H](C)CN(Cc2ccccc2Br)C1. The van der Waals surface area contributed by atoms with Crippen molar-refractivity contribution in [3.8, 4) is 0 Å². The van der Waals surface area contributed by atoms with Crippen molar-refractivity contribution in [2.75, 3.05) is 13.1 Å². The third-order valence-corrected chi connectivity index (χ3v) is 4.07. The largest absolute Gasteiger partial charge is 0.299 e. The lowest BCUT2D eigenvalue weighted by Crippen LogP contribution is -2.38. The standard InChI is InChI=1S/C14H20BrN/c1-11-7-12(2)9-16(8-11)10-13-5-3-4-6-14(13)15/h3-6,11-12H,7-10H2,1-2H3/t11-,12-/m1/s1. The number of piperidine rings is 1. The van der Waals surface area contributed by atoms with Gasteiger partial charge in [-0.3, -0.25) is 4.90 Å². The van der Waals surface area contributed by atoms with Crippen LogP contribution in [0.3, 0.4) is 0 Å². The van der Waals surface area contributed by atoms with Gasteiger partial charge in [0.1, 0.15) is 0 Å². The van der Waals surface area contributed by atoms with E-state index in [-0.39, 0.29) is 0 Å². The van der Waals surface area contributed by atoms with Gasteiger partial charge in [0, 0.05) is 24.1 Å². The lowest BCUT2D eigenvalue weighted by Gasteiger charge is -2.35. The maximum absolute atomic E-state index is 3.63. The maximum atomic E-state index is 3.63. The quantitative estimate of drug-likeness (QED) is 0.794. The Morgan fingerprint density at radius 3 is 2.44 bits per heavy atom. The molecule has 2 heteroatoms. The molecule has 0 N–H and O–H groups in total. The summed E-state index contributed by atoms with van der Waals surface area (Å²) in [5, 5.41) is 0. The second-order valence-electron chi connectivity index (χ2n) is 5.23.